The van der Waals surface area contributed by atoms with Gasteiger partial charge in [-0.05, 0) is 54.7 Å². The normalized spacial score (nSPS) is 18.8. The highest BCUT2D eigenvalue weighted by Crippen LogP contribution is 2.28. The van der Waals surface area contributed by atoms with Crippen LogP contribution in [0.15, 0.2) is 48.8 Å². The van der Waals surface area contributed by atoms with E-state index >= 15 is 0 Å². The lowest BCUT2D eigenvalue weighted by Crippen LogP contribution is -2.53. The predicted octanol–water partition coefficient (Wildman–Crippen LogP) is 3.42. The van der Waals surface area contributed by atoms with E-state index < -0.39 is 0 Å². The zero-order valence-corrected chi connectivity index (χ0v) is 17.3. The molecule has 29 heavy (non-hydrogen) atoms. The van der Waals surface area contributed by atoms with Crippen LogP contribution in [0.4, 0.5) is 0 Å². The molecule has 1 aliphatic rings. The van der Waals surface area contributed by atoms with Gasteiger partial charge in [0.1, 0.15) is 18.0 Å². The second-order valence-electron chi connectivity index (χ2n) is 8.63. The maximum Gasteiger partial charge on any atom is 0.253 e. The molecule has 0 bridgehead atoms. The molecule has 0 saturated carbocycles. The van der Waals surface area contributed by atoms with Crippen molar-refractivity contribution in [3.8, 4) is 5.75 Å². The van der Waals surface area contributed by atoms with Crippen molar-refractivity contribution in [3.63, 3.8) is 0 Å². The number of fused-ring (bicyclic) bond motifs is 1. The second-order valence-corrected chi connectivity index (χ2v) is 8.63. The minimum absolute atomic E-state index is 0.0484. The molecular weight excluding hydrogens is 364 g/mol. The van der Waals surface area contributed by atoms with Crippen LogP contribution >= 0.6 is 0 Å². The number of carbonyl (C=O) groups is 1. The highest BCUT2D eigenvalue weighted by atomic mass is 16.5. The second kappa shape index (κ2) is 7.52. The molecule has 1 aromatic carbocycles. The number of piperidine rings is 1. The Kier molecular flexibility index (Phi) is 5.04. The van der Waals surface area contributed by atoms with Crippen molar-refractivity contribution in [1.82, 2.24) is 14.3 Å². The molecule has 0 aliphatic carbocycles. The van der Waals surface area contributed by atoms with Gasteiger partial charge in [-0.15, -0.1) is 0 Å². The van der Waals surface area contributed by atoms with Gasteiger partial charge >= 0.3 is 0 Å². The molecule has 4 rings (SSSR count). The van der Waals surface area contributed by atoms with Crippen LogP contribution in [0.3, 0.4) is 0 Å². The van der Waals surface area contributed by atoms with Crippen molar-refractivity contribution in [1.29, 1.82) is 0 Å². The summed E-state index contributed by atoms with van der Waals surface area (Å²) >= 11 is 0. The molecule has 0 spiro atoms. The van der Waals surface area contributed by atoms with Crippen LogP contribution in [0.5, 0.6) is 5.75 Å². The SMILES string of the molecule is Cc1ccc2nc(COc3ccc(C(=O)N4CCC(N)C(C)(C)C4)cc3)cn2c1. The quantitative estimate of drug-likeness (QED) is 0.738. The van der Waals surface area contributed by atoms with Gasteiger partial charge < -0.3 is 19.8 Å². The lowest BCUT2D eigenvalue weighted by molar-refractivity contribution is 0.0533. The number of carbonyl (C=O) groups excluding carboxylic acids is 1. The number of ether oxygens (including phenoxy) is 1. The molecule has 2 N–H and O–H groups in total. The highest BCUT2D eigenvalue weighted by Gasteiger charge is 2.35. The van der Waals surface area contributed by atoms with E-state index in [2.05, 4.69) is 25.8 Å². The number of rotatable bonds is 4. The smallest absolute Gasteiger partial charge is 0.253 e. The number of imidazole rings is 1. The van der Waals surface area contributed by atoms with Crippen molar-refractivity contribution in [2.75, 3.05) is 13.1 Å². The number of aromatic nitrogens is 2. The fourth-order valence-electron chi connectivity index (χ4n) is 3.81. The van der Waals surface area contributed by atoms with Gasteiger partial charge in [0.05, 0.1) is 5.69 Å². The maximum atomic E-state index is 12.8. The number of nitrogens with zero attached hydrogens (tertiary/aromatic N) is 3. The number of aryl methyl sites for hydroxylation is 1. The van der Waals surface area contributed by atoms with Gasteiger partial charge in [0, 0.05) is 37.1 Å². The van der Waals surface area contributed by atoms with E-state index in [0.717, 1.165) is 23.5 Å². The third-order valence-corrected chi connectivity index (χ3v) is 5.74. The zero-order valence-electron chi connectivity index (χ0n) is 17.3. The lowest BCUT2D eigenvalue weighted by atomic mass is 9.79. The Hall–Kier alpha value is -2.86. The molecule has 1 unspecified atom stereocenters. The number of benzene rings is 1. The van der Waals surface area contributed by atoms with Crippen LogP contribution in [0.25, 0.3) is 5.65 Å². The summed E-state index contributed by atoms with van der Waals surface area (Å²) in [6.45, 7) is 8.06. The Bertz CT molecular complexity index is 1020. The Labute approximate surface area is 171 Å². The minimum atomic E-state index is -0.0659. The molecule has 1 saturated heterocycles. The standard InChI is InChI=1S/C23H28N4O2/c1-16-4-9-21-25-18(13-27(21)12-16)14-29-19-7-5-17(6-8-19)22(28)26-11-10-20(24)23(2,3)15-26/h4-9,12-13,20H,10-11,14-15,24H2,1-3H3. The van der Waals surface area contributed by atoms with E-state index in [-0.39, 0.29) is 17.4 Å². The zero-order chi connectivity index (χ0) is 20.6. The van der Waals surface area contributed by atoms with Crippen LogP contribution in [-0.4, -0.2) is 39.3 Å². The van der Waals surface area contributed by atoms with Crippen molar-refractivity contribution >= 4 is 11.6 Å². The highest BCUT2D eigenvalue weighted by molar-refractivity contribution is 5.94. The van der Waals surface area contributed by atoms with Gasteiger partial charge in [-0.3, -0.25) is 4.79 Å². The van der Waals surface area contributed by atoms with Crippen LogP contribution < -0.4 is 10.5 Å². The number of pyridine rings is 1. The third kappa shape index (κ3) is 4.12. The molecule has 3 heterocycles. The average molecular weight is 393 g/mol. The van der Waals surface area contributed by atoms with Crippen LogP contribution in [0, 0.1) is 12.3 Å². The summed E-state index contributed by atoms with van der Waals surface area (Å²) in [6, 6.07) is 11.5. The number of hydrogen-bond donors (Lipinski definition) is 1. The van der Waals surface area contributed by atoms with Gasteiger partial charge in [0.15, 0.2) is 0 Å². The molecule has 152 valence electrons. The first kappa shape index (κ1) is 19.5. The molecule has 6 heteroatoms. The molecule has 1 amide bonds. The third-order valence-electron chi connectivity index (χ3n) is 5.74. The van der Waals surface area contributed by atoms with E-state index in [1.165, 1.54) is 5.56 Å². The maximum absolute atomic E-state index is 12.8. The summed E-state index contributed by atoms with van der Waals surface area (Å²) in [7, 11) is 0. The number of likely N-dealkylation sites (tertiary alicyclic amines) is 1. The van der Waals surface area contributed by atoms with Gasteiger partial charge in [-0.25, -0.2) is 4.98 Å². The summed E-state index contributed by atoms with van der Waals surface area (Å²) in [4.78, 5) is 19.3. The molecule has 1 atom stereocenters. The van der Waals surface area contributed by atoms with Gasteiger partial charge in [-0.2, -0.15) is 0 Å². The van der Waals surface area contributed by atoms with E-state index in [1.54, 1.807) is 0 Å². The Morgan fingerprint density at radius 2 is 1.97 bits per heavy atom. The first-order valence-corrected chi connectivity index (χ1v) is 10.0. The molecule has 1 fully saturated rings. The number of hydrogen-bond acceptors (Lipinski definition) is 4. The predicted molar refractivity (Wildman–Crippen MR) is 113 cm³/mol. The summed E-state index contributed by atoms with van der Waals surface area (Å²) in [5.74, 6) is 0.767. The van der Waals surface area contributed by atoms with E-state index in [9.17, 15) is 4.79 Å². The molecule has 2 aromatic heterocycles. The summed E-state index contributed by atoms with van der Waals surface area (Å²) in [5, 5.41) is 0. The summed E-state index contributed by atoms with van der Waals surface area (Å²) < 4.78 is 7.86. The molecule has 6 nitrogen and oxygen atoms in total. The first-order chi connectivity index (χ1) is 13.8. The summed E-state index contributed by atoms with van der Waals surface area (Å²) in [5.41, 5.74) is 9.74. The Morgan fingerprint density at radius 3 is 2.69 bits per heavy atom. The fraction of sp³-hybridized carbons (Fsp3) is 0.391. The van der Waals surface area contributed by atoms with Crippen LogP contribution in [-0.2, 0) is 6.61 Å². The van der Waals surface area contributed by atoms with E-state index in [4.69, 9.17) is 10.5 Å². The summed E-state index contributed by atoms with van der Waals surface area (Å²) in [6.07, 6.45) is 4.85. The van der Waals surface area contributed by atoms with Crippen molar-refractivity contribution < 1.29 is 9.53 Å². The fourth-order valence-corrected chi connectivity index (χ4v) is 3.81. The molecular formula is C23H28N4O2. The monoisotopic (exact) mass is 392 g/mol. The topological polar surface area (TPSA) is 72.9 Å². The number of amides is 1. The van der Waals surface area contributed by atoms with E-state index in [0.29, 0.717) is 25.3 Å². The molecule has 3 aromatic rings. The Morgan fingerprint density at radius 1 is 1.21 bits per heavy atom. The van der Waals surface area contributed by atoms with Crippen LogP contribution in [0.1, 0.15) is 41.9 Å². The number of nitrogens with two attached hydrogens (primary N) is 1. The van der Waals surface area contributed by atoms with Crippen LogP contribution in [0.2, 0.25) is 0 Å². The van der Waals surface area contributed by atoms with Crippen molar-refractivity contribution in [3.05, 3.63) is 65.6 Å². The molecule has 1 aliphatic heterocycles. The van der Waals surface area contributed by atoms with Gasteiger partial charge in [-0.1, -0.05) is 19.9 Å². The largest absolute Gasteiger partial charge is 0.487 e. The van der Waals surface area contributed by atoms with E-state index in [1.807, 2.05) is 58.1 Å². The van der Waals surface area contributed by atoms with Gasteiger partial charge in [0.2, 0.25) is 0 Å². The lowest BCUT2D eigenvalue weighted by Gasteiger charge is -2.42. The van der Waals surface area contributed by atoms with Gasteiger partial charge in [0.25, 0.3) is 5.91 Å². The van der Waals surface area contributed by atoms with Crippen molar-refractivity contribution in [2.24, 2.45) is 11.1 Å². The first-order valence-electron chi connectivity index (χ1n) is 10.0. The average Bonchev–Trinajstić information content (AvgIpc) is 3.10. The molecule has 0 radical (unpaired) electrons. The Balaban J connectivity index is 1.39. The van der Waals surface area contributed by atoms with Crippen molar-refractivity contribution in [2.45, 2.75) is 39.8 Å². The minimum Gasteiger partial charge on any atom is -0.487 e.